The van der Waals surface area contributed by atoms with Gasteiger partial charge in [-0.3, -0.25) is 20.2 Å². The second-order valence-electron chi connectivity index (χ2n) is 6.33. The van der Waals surface area contributed by atoms with Crippen LogP contribution >= 0.6 is 11.3 Å². The molecule has 0 saturated carbocycles. The first-order valence-electron chi connectivity index (χ1n) is 8.58. The van der Waals surface area contributed by atoms with Gasteiger partial charge in [0.25, 0.3) is 11.6 Å². The van der Waals surface area contributed by atoms with Crippen molar-refractivity contribution in [3.63, 3.8) is 0 Å². The molecule has 0 spiro atoms. The van der Waals surface area contributed by atoms with Crippen LogP contribution in [0.4, 0.5) is 10.8 Å². The van der Waals surface area contributed by atoms with Gasteiger partial charge in [0.1, 0.15) is 11.6 Å². The van der Waals surface area contributed by atoms with E-state index in [4.69, 9.17) is 0 Å². The third kappa shape index (κ3) is 4.72. The molecule has 2 aromatic carbocycles. The van der Waals surface area contributed by atoms with Crippen molar-refractivity contribution in [3.8, 4) is 17.3 Å². The van der Waals surface area contributed by atoms with Crippen molar-refractivity contribution in [1.82, 2.24) is 4.98 Å². The van der Waals surface area contributed by atoms with Crippen molar-refractivity contribution < 1.29 is 9.72 Å². The Hall–Kier alpha value is -3.83. The third-order valence-corrected chi connectivity index (χ3v) is 4.91. The summed E-state index contributed by atoms with van der Waals surface area (Å²) in [4.78, 5) is 27.3. The minimum atomic E-state index is -0.624. The Morgan fingerprint density at radius 1 is 1.28 bits per heavy atom. The van der Waals surface area contributed by atoms with Crippen molar-refractivity contribution in [2.45, 2.75) is 13.8 Å². The van der Waals surface area contributed by atoms with Gasteiger partial charge in [0, 0.05) is 23.1 Å². The fourth-order valence-corrected chi connectivity index (χ4v) is 3.38. The topological polar surface area (TPSA) is 109 Å². The van der Waals surface area contributed by atoms with Gasteiger partial charge in [0.2, 0.25) is 0 Å². The largest absolute Gasteiger partial charge is 0.297 e. The molecule has 7 nitrogen and oxygen atoms in total. The first kappa shape index (κ1) is 19.9. The Balaban J connectivity index is 1.81. The number of hydrogen-bond donors (Lipinski definition) is 1. The van der Waals surface area contributed by atoms with E-state index in [1.165, 1.54) is 35.6 Å². The summed E-state index contributed by atoms with van der Waals surface area (Å²) < 4.78 is 0. The van der Waals surface area contributed by atoms with Crippen molar-refractivity contribution >= 4 is 34.1 Å². The van der Waals surface area contributed by atoms with E-state index in [1.807, 2.05) is 43.5 Å². The van der Waals surface area contributed by atoms with Crippen LogP contribution in [0.1, 0.15) is 16.7 Å². The van der Waals surface area contributed by atoms with E-state index < -0.39 is 10.8 Å². The maximum absolute atomic E-state index is 12.5. The van der Waals surface area contributed by atoms with Crippen molar-refractivity contribution in [3.05, 3.63) is 80.2 Å². The van der Waals surface area contributed by atoms with E-state index in [9.17, 15) is 20.2 Å². The fourth-order valence-electron chi connectivity index (χ4n) is 2.67. The molecule has 3 rings (SSSR count). The monoisotopic (exact) mass is 404 g/mol. The molecule has 0 saturated heterocycles. The molecule has 0 radical (unpaired) electrons. The minimum Gasteiger partial charge on any atom is -0.297 e. The summed E-state index contributed by atoms with van der Waals surface area (Å²) in [5.74, 6) is -0.624. The highest BCUT2D eigenvalue weighted by Crippen LogP contribution is 2.28. The van der Waals surface area contributed by atoms with Gasteiger partial charge in [-0.15, -0.1) is 11.3 Å². The van der Waals surface area contributed by atoms with Crippen molar-refractivity contribution in [2.75, 3.05) is 5.32 Å². The number of nitriles is 1. The molecular weight excluding hydrogens is 388 g/mol. The summed E-state index contributed by atoms with van der Waals surface area (Å²) in [6.07, 6.45) is 1.31. The van der Waals surface area contributed by atoms with Crippen LogP contribution in [-0.2, 0) is 4.79 Å². The molecule has 1 amide bonds. The predicted molar refractivity (Wildman–Crippen MR) is 112 cm³/mol. The standard InChI is InChI=1S/C21H16N4O3S/c1-13-6-7-14(2)18(8-13)19-12-29-21(23-19)24-20(26)16(11-22)9-15-4-3-5-17(10-15)25(27)28/h3-10,12H,1-2H3,(H,23,24,26)/b16-9+. The van der Waals surface area contributed by atoms with Crippen LogP contribution in [0.25, 0.3) is 17.3 Å². The number of anilines is 1. The maximum Gasteiger partial charge on any atom is 0.270 e. The third-order valence-electron chi connectivity index (χ3n) is 4.15. The molecule has 0 aliphatic carbocycles. The molecule has 1 N–H and O–H groups in total. The fraction of sp³-hybridized carbons (Fsp3) is 0.0952. The average Bonchev–Trinajstić information content (AvgIpc) is 3.16. The number of hydrogen-bond acceptors (Lipinski definition) is 6. The van der Waals surface area contributed by atoms with Gasteiger partial charge in [-0.25, -0.2) is 4.98 Å². The number of aryl methyl sites for hydroxylation is 2. The van der Waals surface area contributed by atoms with E-state index in [0.717, 1.165) is 22.4 Å². The summed E-state index contributed by atoms with van der Waals surface area (Å²) in [6, 6.07) is 13.6. The lowest BCUT2D eigenvalue weighted by molar-refractivity contribution is -0.384. The van der Waals surface area contributed by atoms with E-state index >= 15 is 0 Å². The number of carbonyl (C=O) groups excluding carboxylic acids is 1. The molecule has 0 fully saturated rings. The minimum absolute atomic E-state index is 0.116. The van der Waals surface area contributed by atoms with E-state index in [0.29, 0.717) is 10.7 Å². The first-order chi connectivity index (χ1) is 13.9. The highest BCUT2D eigenvalue weighted by atomic mass is 32.1. The zero-order valence-corrected chi connectivity index (χ0v) is 16.5. The number of aromatic nitrogens is 1. The van der Waals surface area contributed by atoms with E-state index in [2.05, 4.69) is 10.3 Å². The normalized spacial score (nSPS) is 11.0. The van der Waals surface area contributed by atoms with Gasteiger partial charge in [0.15, 0.2) is 5.13 Å². The average molecular weight is 404 g/mol. The molecule has 8 heteroatoms. The lowest BCUT2D eigenvalue weighted by Gasteiger charge is -2.04. The molecule has 0 aliphatic rings. The van der Waals surface area contributed by atoms with Gasteiger partial charge >= 0.3 is 0 Å². The number of nitrogens with one attached hydrogen (secondary N) is 1. The number of carbonyl (C=O) groups is 1. The molecule has 0 bridgehead atoms. The number of amides is 1. The molecule has 144 valence electrons. The van der Waals surface area contributed by atoms with Gasteiger partial charge < -0.3 is 0 Å². The highest BCUT2D eigenvalue weighted by molar-refractivity contribution is 7.14. The second kappa shape index (κ2) is 8.46. The Morgan fingerprint density at radius 3 is 2.79 bits per heavy atom. The van der Waals surface area contributed by atoms with Crippen LogP contribution in [-0.4, -0.2) is 15.8 Å². The van der Waals surface area contributed by atoms with Crippen molar-refractivity contribution in [1.29, 1.82) is 5.26 Å². The Kier molecular flexibility index (Phi) is 5.81. The summed E-state index contributed by atoms with van der Waals surface area (Å²) in [5.41, 5.74) is 4.00. The number of non-ortho nitro benzene ring substituents is 1. The molecule has 0 unspecified atom stereocenters. The second-order valence-corrected chi connectivity index (χ2v) is 7.19. The van der Waals surface area contributed by atoms with Crippen LogP contribution in [0.3, 0.4) is 0 Å². The van der Waals surface area contributed by atoms with Crippen LogP contribution < -0.4 is 5.32 Å². The van der Waals surface area contributed by atoms with E-state index in [1.54, 1.807) is 6.07 Å². The van der Waals surface area contributed by atoms with Crippen LogP contribution in [0.15, 0.2) is 53.4 Å². The predicted octanol–water partition coefficient (Wildman–Crippen LogP) is 4.88. The molecular formula is C21H16N4O3S. The number of nitrogens with zero attached hydrogens (tertiary/aromatic N) is 3. The van der Waals surface area contributed by atoms with Crippen LogP contribution in [0, 0.1) is 35.3 Å². The van der Waals surface area contributed by atoms with Gasteiger partial charge in [-0.1, -0.05) is 29.8 Å². The summed E-state index contributed by atoms with van der Waals surface area (Å²) in [5, 5.41) is 25.0. The molecule has 0 atom stereocenters. The number of benzene rings is 2. The zero-order chi connectivity index (χ0) is 21.0. The number of nitro benzene ring substituents is 1. The number of thiazole rings is 1. The van der Waals surface area contributed by atoms with Gasteiger partial charge in [-0.2, -0.15) is 5.26 Å². The molecule has 29 heavy (non-hydrogen) atoms. The Morgan fingerprint density at radius 2 is 2.07 bits per heavy atom. The molecule has 3 aromatic rings. The van der Waals surface area contributed by atoms with Crippen LogP contribution in [0.2, 0.25) is 0 Å². The number of rotatable bonds is 5. The summed E-state index contributed by atoms with van der Waals surface area (Å²) in [7, 11) is 0. The Bertz CT molecular complexity index is 1170. The van der Waals surface area contributed by atoms with Crippen LogP contribution in [0.5, 0.6) is 0 Å². The van der Waals surface area contributed by atoms with Gasteiger partial charge in [0.05, 0.1) is 10.6 Å². The molecule has 1 aromatic heterocycles. The molecule has 0 aliphatic heterocycles. The number of nitro groups is 1. The van der Waals surface area contributed by atoms with Crippen molar-refractivity contribution in [2.24, 2.45) is 0 Å². The summed E-state index contributed by atoms with van der Waals surface area (Å²) >= 11 is 1.26. The first-order valence-corrected chi connectivity index (χ1v) is 9.46. The quantitative estimate of drug-likeness (QED) is 0.282. The lowest BCUT2D eigenvalue weighted by Crippen LogP contribution is -2.13. The Labute approximate surface area is 171 Å². The van der Waals surface area contributed by atoms with E-state index in [-0.39, 0.29) is 11.3 Å². The zero-order valence-electron chi connectivity index (χ0n) is 15.7. The summed E-state index contributed by atoms with van der Waals surface area (Å²) in [6.45, 7) is 3.98. The molecule has 1 heterocycles. The SMILES string of the molecule is Cc1ccc(C)c(-c2csc(NC(=O)/C(C#N)=C/c3cccc([N+](=O)[O-])c3)n2)c1. The van der Waals surface area contributed by atoms with Gasteiger partial charge in [-0.05, 0) is 37.1 Å². The lowest BCUT2D eigenvalue weighted by atomic mass is 10.0. The maximum atomic E-state index is 12.5. The highest BCUT2D eigenvalue weighted by Gasteiger charge is 2.14. The smallest absolute Gasteiger partial charge is 0.270 e.